The summed E-state index contributed by atoms with van der Waals surface area (Å²) < 4.78 is 5.41. The smallest absolute Gasteiger partial charge is 0.355 e. The molecule has 1 fully saturated rings. The lowest BCUT2D eigenvalue weighted by atomic mass is 10.0. The zero-order valence-corrected chi connectivity index (χ0v) is 11.9. The average molecular weight is 299 g/mol. The first kappa shape index (κ1) is 14.7. The predicted octanol–water partition coefficient (Wildman–Crippen LogP) is 1.21. The van der Waals surface area contributed by atoms with Crippen LogP contribution in [0.3, 0.4) is 0 Å². The van der Waals surface area contributed by atoms with Gasteiger partial charge in [-0.2, -0.15) is 0 Å². The third-order valence-electron chi connectivity index (χ3n) is 2.99. The van der Waals surface area contributed by atoms with Gasteiger partial charge in [-0.1, -0.05) is 0 Å². The molecule has 1 aromatic rings. The number of nitrogens with zero attached hydrogens (tertiary/aromatic N) is 1. The fourth-order valence-corrected chi connectivity index (χ4v) is 2.72. The van der Waals surface area contributed by atoms with E-state index in [-0.39, 0.29) is 30.4 Å². The number of carboxylic acid groups (broad SMARTS) is 1. The fourth-order valence-electron chi connectivity index (χ4n) is 2.01. The third-order valence-corrected chi connectivity index (χ3v) is 3.84. The lowest BCUT2D eigenvalue weighted by Gasteiger charge is -2.27. The molecule has 2 heterocycles. The van der Waals surface area contributed by atoms with Gasteiger partial charge in [-0.15, -0.1) is 11.3 Å². The van der Waals surface area contributed by atoms with Crippen molar-refractivity contribution in [1.29, 1.82) is 0 Å². The average Bonchev–Trinajstić information content (AvgIpc) is 2.85. The Morgan fingerprint density at radius 1 is 1.60 bits per heavy atom. The van der Waals surface area contributed by atoms with Gasteiger partial charge in [-0.25, -0.2) is 14.6 Å². The first-order valence-electron chi connectivity index (χ1n) is 6.38. The van der Waals surface area contributed by atoms with Crippen LogP contribution in [-0.4, -0.2) is 40.8 Å². The minimum absolute atomic E-state index is 0.00506. The molecule has 0 radical (unpaired) electrons. The second kappa shape index (κ2) is 6.67. The Bertz CT molecular complexity index is 491. The molecule has 2 rings (SSSR count). The number of aromatic carboxylic acids is 1. The Morgan fingerprint density at radius 3 is 3.05 bits per heavy atom. The van der Waals surface area contributed by atoms with Crippen molar-refractivity contribution in [3.8, 4) is 0 Å². The molecule has 0 bridgehead atoms. The number of carbonyl (C=O) groups is 2. The molecule has 1 aliphatic heterocycles. The van der Waals surface area contributed by atoms with Gasteiger partial charge in [0, 0.05) is 18.0 Å². The van der Waals surface area contributed by atoms with E-state index in [1.807, 2.05) is 6.92 Å². The van der Waals surface area contributed by atoms with Gasteiger partial charge >= 0.3 is 12.0 Å². The van der Waals surface area contributed by atoms with Crippen LogP contribution < -0.4 is 10.6 Å². The van der Waals surface area contributed by atoms with Crippen LogP contribution in [0.25, 0.3) is 0 Å². The topological polar surface area (TPSA) is 101 Å². The first-order valence-corrected chi connectivity index (χ1v) is 7.26. The summed E-state index contributed by atoms with van der Waals surface area (Å²) >= 11 is 1.21. The number of carbonyl (C=O) groups excluding carboxylic acids is 1. The number of hydrogen-bond donors (Lipinski definition) is 3. The van der Waals surface area contributed by atoms with Crippen LogP contribution in [0, 0.1) is 0 Å². The zero-order valence-electron chi connectivity index (χ0n) is 11.1. The van der Waals surface area contributed by atoms with E-state index < -0.39 is 5.97 Å². The summed E-state index contributed by atoms with van der Waals surface area (Å²) in [5.41, 5.74) is 0.00506. The molecule has 20 heavy (non-hydrogen) atoms. The first-order chi connectivity index (χ1) is 9.54. The number of rotatable bonds is 4. The predicted molar refractivity (Wildman–Crippen MR) is 72.9 cm³/mol. The van der Waals surface area contributed by atoms with Gasteiger partial charge in [0.25, 0.3) is 0 Å². The monoisotopic (exact) mass is 299 g/mol. The van der Waals surface area contributed by atoms with Gasteiger partial charge in [0.1, 0.15) is 5.01 Å². The highest BCUT2D eigenvalue weighted by atomic mass is 32.1. The maximum Gasteiger partial charge on any atom is 0.355 e. The molecule has 0 aliphatic carbocycles. The highest BCUT2D eigenvalue weighted by molar-refractivity contribution is 7.09. The van der Waals surface area contributed by atoms with Gasteiger partial charge < -0.3 is 20.5 Å². The van der Waals surface area contributed by atoms with E-state index >= 15 is 0 Å². The summed E-state index contributed by atoms with van der Waals surface area (Å²) in [6.45, 7) is 2.86. The molecule has 2 atom stereocenters. The number of urea groups is 1. The van der Waals surface area contributed by atoms with E-state index in [1.165, 1.54) is 16.7 Å². The highest BCUT2D eigenvalue weighted by Crippen LogP contribution is 2.13. The Balaban J connectivity index is 1.75. The van der Waals surface area contributed by atoms with Crippen LogP contribution in [0.5, 0.6) is 0 Å². The van der Waals surface area contributed by atoms with E-state index in [4.69, 9.17) is 9.84 Å². The summed E-state index contributed by atoms with van der Waals surface area (Å²) in [6.07, 6.45) is 1.76. The van der Waals surface area contributed by atoms with Crippen LogP contribution in [0.1, 0.15) is 35.3 Å². The minimum atomic E-state index is -1.06. The maximum absolute atomic E-state index is 11.7. The van der Waals surface area contributed by atoms with Crippen molar-refractivity contribution in [3.05, 3.63) is 16.1 Å². The van der Waals surface area contributed by atoms with Crippen molar-refractivity contribution < 1.29 is 19.4 Å². The quantitative estimate of drug-likeness (QED) is 0.776. The number of carboxylic acids is 1. The van der Waals surface area contributed by atoms with E-state index in [0.717, 1.165) is 12.8 Å². The van der Waals surface area contributed by atoms with Gasteiger partial charge in [0.2, 0.25) is 0 Å². The lowest BCUT2D eigenvalue weighted by Crippen LogP contribution is -2.45. The van der Waals surface area contributed by atoms with Crippen LogP contribution in [0.15, 0.2) is 5.38 Å². The molecular formula is C12H17N3O4S. The molecule has 0 saturated carbocycles. The minimum Gasteiger partial charge on any atom is -0.476 e. The van der Waals surface area contributed by atoms with Crippen LogP contribution in [0.4, 0.5) is 4.79 Å². The van der Waals surface area contributed by atoms with E-state index in [1.54, 1.807) is 0 Å². The van der Waals surface area contributed by atoms with Gasteiger partial charge in [0.15, 0.2) is 5.69 Å². The summed E-state index contributed by atoms with van der Waals surface area (Å²) in [4.78, 5) is 26.3. The van der Waals surface area contributed by atoms with E-state index in [2.05, 4.69) is 15.6 Å². The zero-order chi connectivity index (χ0) is 14.5. The Labute approximate surface area is 120 Å². The summed E-state index contributed by atoms with van der Waals surface area (Å²) in [7, 11) is 0. The Hall–Kier alpha value is -1.67. The number of nitrogens with one attached hydrogen (secondary N) is 2. The molecule has 0 aromatic carbocycles. The molecule has 2 unspecified atom stereocenters. The molecule has 0 spiro atoms. The lowest BCUT2D eigenvalue weighted by molar-refractivity contribution is 0.0154. The van der Waals surface area contributed by atoms with E-state index in [9.17, 15) is 9.59 Å². The largest absolute Gasteiger partial charge is 0.476 e. The summed E-state index contributed by atoms with van der Waals surface area (Å²) in [5, 5.41) is 16.3. The molecule has 2 amide bonds. The van der Waals surface area contributed by atoms with Gasteiger partial charge in [-0.3, -0.25) is 0 Å². The maximum atomic E-state index is 11.7. The van der Waals surface area contributed by atoms with Crippen molar-refractivity contribution >= 4 is 23.3 Å². The second-order valence-corrected chi connectivity index (χ2v) is 5.60. The fraction of sp³-hybridized carbons (Fsp3) is 0.583. The van der Waals surface area contributed by atoms with E-state index in [0.29, 0.717) is 11.6 Å². The summed E-state index contributed by atoms with van der Waals surface area (Å²) in [5.74, 6) is -1.06. The number of amides is 2. The van der Waals surface area contributed by atoms with Crippen LogP contribution >= 0.6 is 11.3 Å². The molecule has 7 nitrogen and oxygen atoms in total. The highest BCUT2D eigenvalue weighted by Gasteiger charge is 2.20. The number of hydrogen-bond acceptors (Lipinski definition) is 5. The molecular weight excluding hydrogens is 282 g/mol. The molecule has 1 aromatic heterocycles. The molecule has 8 heteroatoms. The Kier molecular flexibility index (Phi) is 4.91. The molecule has 3 N–H and O–H groups in total. The van der Waals surface area contributed by atoms with Gasteiger partial charge in [-0.05, 0) is 19.8 Å². The molecule has 1 aliphatic rings. The normalized spacial score (nSPS) is 22.2. The van der Waals surface area contributed by atoms with Crippen LogP contribution in [-0.2, 0) is 11.3 Å². The van der Waals surface area contributed by atoms with Crippen molar-refractivity contribution in [2.45, 2.75) is 38.5 Å². The van der Waals surface area contributed by atoms with Crippen molar-refractivity contribution in [1.82, 2.24) is 15.6 Å². The molecule has 1 saturated heterocycles. The SMILES string of the molecule is CC1CC(NC(=O)NCc2nc(C(=O)O)cs2)CCO1. The summed E-state index contributed by atoms with van der Waals surface area (Å²) in [6, 6.07) is -0.152. The molecule has 110 valence electrons. The van der Waals surface area contributed by atoms with Crippen molar-refractivity contribution in [2.75, 3.05) is 6.61 Å². The van der Waals surface area contributed by atoms with Gasteiger partial charge in [0.05, 0.1) is 12.6 Å². The van der Waals surface area contributed by atoms with Crippen molar-refractivity contribution in [3.63, 3.8) is 0 Å². The number of ether oxygens (including phenoxy) is 1. The second-order valence-electron chi connectivity index (χ2n) is 4.66. The number of thiazole rings is 1. The number of aromatic nitrogens is 1. The van der Waals surface area contributed by atoms with Crippen LogP contribution in [0.2, 0.25) is 0 Å². The third kappa shape index (κ3) is 4.17. The van der Waals surface area contributed by atoms with Crippen molar-refractivity contribution in [2.24, 2.45) is 0 Å². The standard InChI is InChI=1S/C12H17N3O4S/c1-7-4-8(2-3-19-7)14-12(18)13-5-10-15-9(6-20-10)11(16)17/h6-8H,2-5H2,1H3,(H,16,17)(H2,13,14,18). The Morgan fingerprint density at radius 2 is 2.40 bits per heavy atom.